The highest BCUT2D eigenvalue weighted by molar-refractivity contribution is 5.44. The maximum atomic E-state index is 10.6. The Morgan fingerprint density at radius 3 is 2.61 bits per heavy atom. The van der Waals surface area contributed by atoms with Crippen LogP contribution in [0.3, 0.4) is 0 Å². The minimum Gasteiger partial charge on any atom is -0.497 e. The van der Waals surface area contributed by atoms with Gasteiger partial charge >= 0.3 is 0 Å². The number of aliphatic hydroxyl groups is 1. The topological polar surface area (TPSA) is 54.8 Å². The number of hydrogen-bond acceptors (Lipinski definition) is 5. The van der Waals surface area contributed by atoms with Crippen LogP contribution >= 0.6 is 0 Å². The third-order valence-electron chi connectivity index (χ3n) is 5.03. The van der Waals surface area contributed by atoms with Crippen LogP contribution in [0.4, 0.5) is 0 Å². The van der Waals surface area contributed by atoms with Gasteiger partial charge in [-0.3, -0.25) is 9.88 Å². The number of benzene rings is 1. The van der Waals surface area contributed by atoms with Crippen molar-refractivity contribution in [2.24, 2.45) is 0 Å². The number of aliphatic hydroxyl groups excluding tert-OH is 1. The second-order valence-electron chi connectivity index (χ2n) is 8.56. The largest absolute Gasteiger partial charge is 0.497 e. The Balaban J connectivity index is 1.61. The van der Waals surface area contributed by atoms with E-state index in [2.05, 4.69) is 30.7 Å². The molecule has 5 nitrogen and oxygen atoms in total. The van der Waals surface area contributed by atoms with E-state index < -0.39 is 6.10 Å². The Bertz CT molecular complexity index is 754. The van der Waals surface area contributed by atoms with Crippen LogP contribution in [0, 0.1) is 0 Å². The van der Waals surface area contributed by atoms with Gasteiger partial charge in [0.15, 0.2) is 0 Å². The third-order valence-corrected chi connectivity index (χ3v) is 5.03. The van der Waals surface area contributed by atoms with Gasteiger partial charge in [-0.2, -0.15) is 0 Å². The number of aromatic nitrogens is 1. The summed E-state index contributed by atoms with van der Waals surface area (Å²) in [6.45, 7) is 8.05. The van der Waals surface area contributed by atoms with Crippen LogP contribution in [0.25, 0.3) is 0 Å². The van der Waals surface area contributed by atoms with Crippen molar-refractivity contribution in [3.63, 3.8) is 0 Å². The lowest BCUT2D eigenvalue weighted by Crippen LogP contribution is -2.37. The molecule has 1 aromatic heterocycles. The molecule has 0 radical (unpaired) electrons. The fourth-order valence-corrected chi connectivity index (χ4v) is 3.34. The maximum Gasteiger partial charge on any atom is 0.123 e. The first kappa shape index (κ1) is 20.6. The Hall–Kier alpha value is -2.11. The molecule has 1 N–H and O–H groups in total. The molecule has 1 atom stereocenters. The van der Waals surface area contributed by atoms with Crippen LogP contribution in [-0.4, -0.2) is 47.4 Å². The van der Waals surface area contributed by atoms with Gasteiger partial charge in [-0.25, -0.2) is 0 Å². The summed E-state index contributed by atoms with van der Waals surface area (Å²) in [6.07, 6.45) is 3.64. The van der Waals surface area contributed by atoms with Gasteiger partial charge in [-0.15, -0.1) is 0 Å². The van der Waals surface area contributed by atoms with Gasteiger partial charge in [0.25, 0.3) is 0 Å². The lowest BCUT2D eigenvalue weighted by molar-refractivity contribution is 0.0615. The summed E-state index contributed by atoms with van der Waals surface area (Å²) < 4.78 is 11.4. The number of nitrogens with zero attached hydrogens (tertiary/aromatic N) is 2. The number of ether oxygens (including phenoxy) is 2. The van der Waals surface area contributed by atoms with Crippen molar-refractivity contribution in [1.29, 1.82) is 0 Å². The Morgan fingerprint density at radius 2 is 2.00 bits per heavy atom. The highest BCUT2D eigenvalue weighted by Gasteiger charge is 2.30. The number of pyridine rings is 1. The molecule has 28 heavy (non-hydrogen) atoms. The average Bonchev–Trinajstić information content (AvgIpc) is 3.51. The molecule has 1 aromatic carbocycles. The maximum absolute atomic E-state index is 10.6. The van der Waals surface area contributed by atoms with E-state index in [9.17, 15) is 5.11 Å². The van der Waals surface area contributed by atoms with Crippen molar-refractivity contribution in [2.75, 3.05) is 20.3 Å². The Morgan fingerprint density at radius 1 is 1.21 bits per heavy atom. The predicted molar refractivity (Wildman–Crippen MR) is 111 cm³/mol. The second kappa shape index (κ2) is 8.93. The number of rotatable bonds is 9. The van der Waals surface area contributed by atoms with E-state index >= 15 is 0 Å². The minimum absolute atomic E-state index is 0.0755. The van der Waals surface area contributed by atoms with E-state index in [0.29, 0.717) is 12.6 Å². The molecule has 1 aliphatic rings. The second-order valence-corrected chi connectivity index (χ2v) is 8.56. The molecule has 0 spiro atoms. The Kier molecular flexibility index (Phi) is 6.57. The van der Waals surface area contributed by atoms with Crippen LogP contribution in [0.5, 0.6) is 11.5 Å². The summed E-state index contributed by atoms with van der Waals surface area (Å²) in [5.74, 6) is 1.61. The SMILES string of the molecule is COc1ccc(OC[C@@H](O)CN(Cc2ccccn2)C2CC2)c(C(C)(C)C)c1. The predicted octanol–water partition coefficient (Wildman–Crippen LogP) is 3.79. The molecule has 152 valence electrons. The molecular formula is C23H32N2O3. The summed E-state index contributed by atoms with van der Waals surface area (Å²) in [4.78, 5) is 6.73. The molecule has 3 rings (SSSR count). The summed E-state index contributed by atoms with van der Waals surface area (Å²) in [6, 6.07) is 12.3. The van der Waals surface area contributed by atoms with Gasteiger partial charge in [0.05, 0.1) is 12.8 Å². The molecule has 1 aliphatic carbocycles. The van der Waals surface area contributed by atoms with E-state index in [-0.39, 0.29) is 12.0 Å². The molecule has 1 heterocycles. The lowest BCUT2D eigenvalue weighted by Gasteiger charge is -2.26. The first-order chi connectivity index (χ1) is 13.4. The van der Waals surface area contributed by atoms with Gasteiger partial charge in [-0.05, 0) is 48.6 Å². The molecule has 0 unspecified atom stereocenters. The van der Waals surface area contributed by atoms with Crippen LogP contribution < -0.4 is 9.47 Å². The summed E-state index contributed by atoms with van der Waals surface area (Å²) in [5.41, 5.74) is 2.03. The minimum atomic E-state index is -0.556. The van der Waals surface area contributed by atoms with Crippen LogP contribution in [0.15, 0.2) is 42.6 Å². The average molecular weight is 385 g/mol. The zero-order chi connectivity index (χ0) is 20.1. The van der Waals surface area contributed by atoms with Gasteiger partial charge in [0, 0.05) is 30.9 Å². The van der Waals surface area contributed by atoms with Crippen molar-refractivity contribution in [2.45, 2.75) is 57.7 Å². The number of methoxy groups -OCH3 is 1. The zero-order valence-electron chi connectivity index (χ0n) is 17.4. The molecule has 0 aliphatic heterocycles. The quantitative estimate of drug-likeness (QED) is 0.713. The summed E-state index contributed by atoms with van der Waals surface area (Å²) >= 11 is 0. The van der Waals surface area contributed by atoms with Gasteiger partial charge in [0.2, 0.25) is 0 Å². The summed E-state index contributed by atoms with van der Waals surface area (Å²) in [5, 5.41) is 10.6. The highest BCUT2D eigenvalue weighted by atomic mass is 16.5. The molecule has 0 amide bonds. The van der Waals surface area contributed by atoms with Gasteiger partial charge in [-0.1, -0.05) is 26.8 Å². The standard InChI is InChI=1S/C23H32N2O3/c1-23(2,3)21-13-20(27-4)10-11-22(21)28-16-19(26)15-25(18-8-9-18)14-17-7-5-6-12-24-17/h5-7,10-13,18-19,26H,8-9,14-16H2,1-4H3/t19-/m0/s1. The van der Waals surface area contributed by atoms with E-state index in [1.807, 2.05) is 42.6 Å². The van der Waals surface area contributed by atoms with Crippen molar-refractivity contribution < 1.29 is 14.6 Å². The van der Waals surface area contributed by atoms with Crippen molar-refractivity contribution >= 4 is 0 Å². The lowest BCUT2D eigenvalue weighted by atomic mass is 9.86. The molecule has 0 bridgehead atoms. The van der Waals surface area contributed by atoms with Crippen molar-refractivity contribution in [3.8, 4) is 11.5 Å². The van der Waals surface area contributed by atoms with Crippen molar-refractivity contribution in [3.05, 3.63) is 53.9 Å². The van der Waals surface area contributed by atoms with Crippen molar-refractivity contribution in [1.82, 2.24) is 9.88 Å². The Labute approximate surface area is 168 Å². The first-order valence-electron chi connectivity index (χ1n) is 10.00. The third kappa shape index (κ3) is 5.69. The summed E-state index contributed by atoms with van der Waals surface area (Å²) in [7, 11) is 1.67. The van der Waals surface area contributed by atoms with E-state index in [4.69, 9.17) is 9.47 Å². The molecule has 1 fully saturated rings. The van der Waals surface area contributed by atoms with Crippen LogP contribution in [0.2, 0.25) is 0 Å². The van der Waals surface area contributed by atoms with E-state index in [1.54, 1.807) is 7.11 Å². The highest BCUT2D eigenvalue weighted by Crippen LogP contribution is 2.34. The fraction of sp³-hybridized carbons (Fsp3) is 0.522. The number of hydrogen-bond donors (Lipinski definition) is 1. The van der Waals surface area contributed by atoms with Crippen LogP contribution in [-0.2, 0) is 12.0 Å². The van der Waals surface area contributed by atoms with Crippen LogP contribution in [0.1, 0.15) is 44.9 Å². The van der Waals surface area contributed by atoms with E-state index in [0.717, 1.165) is 29.3 Å². The van der Waals surface area contributed by atoms with E-state index in [1.165, 1.54) is 12.8 Å². The fourth-order valence-electron chi connectivity index (χ4n) is 3.34. The first-order valence-corrected chi connectivity index (χ1v) is 10.00. The smallest absolute Gasteiger partial charge is 0.123 e. The molecular weight excluding hydrogens is 352 g/mol. The van der Waals surface area contributed by atoms with Gasteiger partial charge < -0.3 is 14.6 Å². The van der Waals surface area contributed by atoms with Gasteiger partial charge in [0.1, 0.15) is 24.2 Å². The molecule has 5 heteroatoms. The normalized spacial score (nSPS) is 15.5. The zero-order valence-corrected chi connectivity index (χ0v) is 17.4. The monoisotopic (exact) mass is 384 g/mol. The molecule has 2 aromatic rings. The molecule has 1 saturated carbocycles. The molecule has 0 saturated heterocycles.